The Hall–Kier alpha value is -3.92. The molecule has 0 spiro atoms. The highest BCUT2D eigenvalue weighted by atomic mass is 32.2. The average Bonchev–Trinajstić information content (AvgIpc) is 3.55. The zero-order valence-corrected chi connectivity index (χ0v) is 20.2. The van der Waals surface area contributed by atoms with Crippen LogP contribution in [0, 0.1) is 0 Å². The van der Waals surface area contributed by atoms with Gasteiger partial charge in [0.2, 0.25) is 0 Å². The van der Waals surface area contributed by atoms with Gasteiger partial charge in [-0.15, -0.1) is 10.2 Å². The summed E-state index contributed by atoms with van der Waals surface area (Å²) in [7, 11) is -0.880. The first-order valence-corrected chi connectivity index (χ1v) is 12.7. The molecule has 0 N–H and O–H groups in total. The number of sulfonamides is 1. The summed E-state index contributed by atoms with van der Waals surface area (Å²) < 4.78 is 34.8. The number of methoxy groups -OCH3 is 1. The van der Waals surface area contributed by atoms with Gasteiger partial charge in [0.15, 0.2) is 11.5 Å². The van der Waals surface area contributed by atoms with Crippen molar-refractivity contribution in [2.45, 2.75) is 23.8 Å². The summed E-state index contributed by atoms with van der Waals surface area (Å²) in [6, 6.07) is 18.4. The molecule has 1 atom stereocenters. The second kappa shape index (κ2) is 9.03. The summed E-state index contributed by atoms with van der Waals surface area (Å²) in [4.78, 5) is 15.3. The van der Waals surface area contributed by atoms with Crippen molar-refractivity contribution < 1.29 is 17.9 Å². The van der Waals surface area contributed by atoms with E-state index in [1.807, 2.05) is 28.8 Å². The van der Waals surface area contributed by atoms with Crippen molar-refractivity contribution in [1.29, 1.82) is 0 Å². The number of aromatic nitrogens is 3. The minimum atomic E-state index is -3.85. The van der Waals surface area contributed by atoms with E-state index >= 15 is 0 Å². The molecule has 3 heterocycles. The number of fused-ring (bicyclic) bond motifs is 1. The van der Waals surface area contributed by atoms with Gasteiger partial charge < -0.3 is 9.64 Å². The lowest BCUT2D eigenvalue weighted by Gasteiger charge is -2.24. The average molecular weight is 492 g/mol. The van der Waals surface area contributed by atoms with Crippen LogP contribution in [0.2, 0.25) is 0 Å². The second-order valence-corrected chi connectivity index (χ2v) is 10.3. The van der Waals surface area contributed by atoms with Crippen molar-refractivity contribution in [2.24, 2.45) is 0 Å². The molecule has 1 amide bonds. The summed E-state index contributed by atoms with van der Waals surface area (Å²) in [6.45, 7) is 0.599. The van der Waals surface area contributed by atoms with E-state index in [9.17, 15) is 13.2 Å². The molecule has 1 aliphatic heterocycles. The Kier molecular flexibility index (Phi) is 5.89. The Bertz CT molecular complexity index is 1480. The quantitative estimate of drug-likeness (QED) is 0.409. The summed E-state index contributed by atoms with van der Waals surface area (Å²) in [5.74, 6) is 1.01. The molecule has 1 fully saturated rings. The van der Waals surface area contributed by atoms with Crippen LogP contribution in [0.5, 0.6) is 5.75 Å². The number of hydrogen-bond acceptors (Lipinski definition) is 6. The lowest BCUT2D eigenvalue weighted by Crippen LogP contribution is -2.31. The fraction of sp³-hybridized carbons (Fsp3) is 0.240. The fourth-order valence-corrected chi connectivity index (χ4v) is 5.68. The molecule has 0 aliphatic carbocycles. The van der Waals surface area contributed by atoms with E-state index in [1.54, 1.807) is 41.3 Å². The number of likely N-dealkylation sites (tertiary alicyclic amines) is 1. The second-order valence-electron chi connectivity index (χ2n) is 8.31. The van der Waals surface area contributed by atoms with Crippen LogP contribution in [0.25, 0.3) is 5.65 Å². The minimum Gasteiger partial charge on any atom is -0.495 e. The summed E-state index contributed by atoms with van der Waals surface area (Å²) in [6.07, 6.45) is 3.54. The van der Waals surface area contributed by atoms with Gasteiger partial charge in [-0.05, 0) is 61.4 Å². The van der Waals surface area contributed by atoms with Crippen molar-refractivity contribution in [2.75, 3.05) is 25.0 Å². The Balaban J connectivity index is 1.39. The highest BCUT2D eigenvalue weighted by molar-refractivity contribution is 7.92. The van der Waals surface area contributed by atoms with Crippen molar-refractivity contribution in [3.8, 4) is 5.75 Å². The number of carbonyl (C=O) groups is 1. The van der Waals surface area contributed by atoms with Crippen molar-refractivity contribution >= 4 is 27.3 Å². The van der Waals surface area contributed by atoms with Gasteiger partial charge in [0.05, 0.1) is 23.7 Å². The van der Waals surface area contributed by atoms with Crippen LogP contribution >= 0.6 is 0 Å². The number of amides is 1. The van der Waals surface area contributed by atoms with Crippen molar-refractivity contribution in [1.82, 2.24) is 19.5 Å². The molecule has 0 saturated carbocycles. The third-order valence-electron chi connectivity index (χ3n) is 6.34. The molecular weight excluding hydrogens is 466 g/mol. The first-order valence-electron chi connectivity index (χ1n) is 11.2. The number of carbonyl (C=O) groups excluding carboxylic acids is 1. The molecule has 2 aromatic carbocycles. The third kappa shape index (κ3) is 3.99. The predicted molar refractivity (Wildman–Crippen MR) is 131 cm³/mol. The van der Waals surface area contributed by atoms with Gasteiger partial charge in [-0.1, -0.05) is 18.2 Å². The lowest BCUT2D eigenvalue weighted by atomic mass is 10.1. The van der Waals surface area contributed by atoms with Gasteiger partial charge in [0.25, 0.3) is 15.9 Å². The van der Waals surface area contributed by atoms with Gasteiger partial charge in [-0.2, -0.15) is 0 Å². The molecule has 0 radical (unpaired) electrons. The number of nitrogens with zero attached hydrogens (tertiary/aromatic N) is 5. The maximum atomic E-state index is 13.4. The zero-order chi connectivity index (χ0) is 24.6. The van der Waals surface area contributed by atoms with E-state index < -0.39 is 10.0 Å². The van der Waals surface area contributed by atoms with E-state index in [-0.39, 0.29) is 16.8 Å². The van der Waals surface area contributed by atoms with E-state index in [0.717, 1.165) is 24.3 Å². The molecule has 1 aliphatic rings. The molecule has 4 aromatic rings. The van der Waals surface area contributed by atoms with Crippen molar-refractivity contribution in [3.63, 3.8) is 0 Å². The van der Waals surface area contributed by atoms with Gasteiger partial charge >= 0.3 is 0 Å². The largest absolute Gasteiger partial charge is 0.495 e. The first-order chi connectivity index (χ1) is 16.9. The molecule has 35 heavy (non-hydrogen) atoms. The van der Waals surface area contributed by atoms with E-state index in [0.29, 0.717) is 23.5 Å². The number of hydrogen-bond donors (Lipinski definition) is 0. The smallest absolute Gasteiger partial charge is 0.264 e. The SMILES string of the molecule is COc1ccccc1N(C)S(=O)(=O)c1ccc(C(=O)N2CCC[C@@H]2c2nnc3ccccn23)cc1. The molecule has 2 aromatic heterocycles. The Morgan fingerprint density at radius 2 is 1.77 bits per heavy atom. The number of para-hydroxylation sites is 2. The fourth-order valence-electron chi connectivity index (χ4n) is 4.48. The highest BCUT2D eigenvalue weighted by Crippen LogP contribution is 2.33. The van der Waals surface area contributed by atoms with Gasteiger partial charge in [-0.25, -0.2) is 8.42 Å². The zero-order valence-electron chi connectivity index (χ0n) is 19.4. The normalized spacial score (nSPS) is 15.9. The molecular formula is C25H25N5O4S. The highest BCUT2D eigenvalue weighted by Gasteiger charge is 2.34. The van der Waals surface area contributed by atoms with Crippen LogP contribution in [-0.4, -0.2) is 54.5 Å². The van der Waals surface area contributed by atoms with Crippen LogP contribution < -0.4 is 9.04 Å². The summed E-state index contributed by atoms with van der Waals surface area (Å²) in [5.41, 5.74) is 1.58. The van der Waals surface area contributed by atoms with Crippen LogP contribution in [0.4, 0.5) is 5.69 Å². The van der Waals surface area contributed by atoms with Crippen molar-refractivity contribution in [3.05, 3.63) is 84.3 Å². The molecule has 10 heteroatoms. The number of benzene rings is 2. The summed E-state index contributed by atoms with van der Waals surface area (Å²) >= 11 is 0. The molecule has 1 saturated heterocycles. The molecule has 9 nitrogen and oxygen atoms in total. The van der Waals surface area contributed by atoms with Gasteiger partial charge in [0.1, 0.15) is 5.75 Å². The van der Waals surface area contributed by atoms with Gasteiger partial charge in [0, 0.05) is 25.4 Å². The van der Waals surface area contributed by atoms with Crippen LogP contribution in [-0.2, 0) is 10.0 Å². The monoisotopic (exact) mass is 491 g/mol. The number of rotatable bonds is 6. The van der Waals surface area contributed by atoms with Gasteiger partial charge in [-0.3, -0.25) is 13.5 Å². The maximum Gasteiger partial charge on any atom is 0.264 e. The predicted octanol–water partition coefficient (Wildman–Crippen LogP) is 3.54. The van der Waals surface area contributed by atoms with Crippen LogP contribution in [0.1, 0.15) is 35.1 Å². The molecule has 0 unspecified atom stereocenters. The van der Waals surface area contributed by atoms with E-state index in [4.69, 9.17) is 4.74 Å². The topological polar surface area (TPSA) is 97.1 Å². The molecule has 180 valence electrons. The maximum absolute atomic E-state index is 13.4. The number of ether oxygens (including phenoxy) is 1. The Labute approximate surface area is 203 Å². The van der Waals surface area contributed by atoms with E-state index in [2.05, 4.69) is 10.2 Å². The summed E-state index contributed by atoms with van der Waals surface area (Å²) in [5, 5.41) is 8.55. The standard InChI is InChI=1S/C25H25N5O4S/c1-28(20-8-3-4-10-22(20)34-2)35(32,33)19-14-12-18(13-15-19)25(31)29-17-7-9-21(29)24-27-26-23-11-5-6-16-30(23)24/h3-6,8,10-16,21H,7,9,17H2,1-2H3/t21-/m1/s1. The molecule has 0 bridgehead atoms. The van der Waals surface area contributed by atoms with E-state index in [1.165, 1.54) is 30.6 Å². The Morgan fingerprint density at radius 1 is 1.03 bits per heavy atom. The third-order valence-corrected chi connectivity index (χ3v) is 8.12. The lowest BCUT2D eigenvalue weighted by molar-refractivity contribution is 0.0729. The number of anilines is 1. The minimum absolute atomic E-state index is 0.0869. The Morgan fingerprint density at radius 3 is 2.54 bits per heavy atom. The van der Waals surface area contributed by atoms with Crippen LogP contribution in [0.3, 0.4) is 0 Å². The molecule has 5 rings (SSSR count). The first kappa shape index (κ1) is 22.9. The number of pyridine rings is 1. The van der Waals surface area contributed by atoms with Crippen LogP contribution in [0.15, 0.2) is 77.8 Å².